The van der Waals surface area contributed by atoms with Crippen LogP contribution in [0.15, 0.2) is 23.5 Å². The Morgan fingerprint density at radius 3 is 2.57 bits per heavy atom. The van der Waals surface area contributed by atoms with E-state index in [4.69, 9.17) is 0 Å². The largest absolute Gasteiger partial charge is 0.255 e. The summed E-state index contributed by atoms with van der Waals surface area (Å²) in [6.45, 7) is 6.19. The van der Waals surface area contributed by atoms with Crippen LogP contribution in [0.4, 0.5) is 4.39 Å². The summed E-state index contributed by atoms with van der Waals surface area (Å²) in [5.74, 6) is 0. The van der Waals surface area contributed by atoms with Crippen LogP contribution in [0.1, 0.15) is 32.0 Å². The van der Waals surface area contributed by atoms with Gasteiger partial charge in [-0.15, -0.1) is 12.6 Å². The molecule has 0 amide bonds. The Morgan fingerprint density at radius 2 is 2.07 bits per heavy atom. The Labute approximate surface area is 89.5 Å². The van der Waals surface area contributed by atoms with E-state index in [-0.39, 0.29) is 5.41 Å². The number of hydrogen-bond donors (Lipinski definition) is 1. The second-order valence-electron chi connectivity index (χ2n) is 4.17. The first kappa shape index (κ1) is 11.2. The molecule has 0 aliphatic heterocycles. The normalized spacial score (nSPS) is 12.4. The average molecular weight is 211 g/mol. The second kappa shape index (κ2) is 4.13. The summed E-state index contributed by atoms with van der Waals surface area (Å²) >= 11 is 4.22. The van der Waals surface area contributed by atoms with Gasteiger partial charge < -0.3 is 0 Å². The van der Waals surface area contributed by atoms with E-state index in [2.05, 4.69) is 38.4 Å². The lowest BCUT2D eigenvalue weighted by Crippen LogP contribution is -2.13. The molecule has 0 spiro atoms. The molecule has 0 saturated carbocycles. The maximum absolute atomic E-state index is 12.1. The molecule has 0 aliphatic rings. The van der Waals surface area contributed by atoms with Crippen LogP contribution in [0.25, 0.3) is 6.08 Å². The molecule has 76 valence electrons. The fraction of sp³-hybridized carbons (Fsp3) is 0.364. The molecule has 0 bridgehead atoms. The van der Waals surface area contributed by atoms with E-state index >= 15 is 0 Å². The summed E-state index contributed by atoms with van der Waals surface area (Å²) in [6.07, 6.45) is 3.50. The van der Waals surface area contributed by atoms with Crippen LogP contribution >= 0.6 is 12.6 Å². The topological polar surface area (TPSA) is 12.9 Å². The highest BCUT2D eigenvalue weighted by molar-refractivity contribution is 7.80. The van der Waals surface area contributed by atoms with Crippen LogP contribution in [0.2, 0.25) is 0 Å². The standard InChI is InChI=1S/C11H14FNS/c1-11(2,3)9-6-8(14)7-13-10(9)4-5-12/h4-7,14H,1-3H3/b5-4+. The van der Waals surface area contributed by atoms with Crippen molar-refractivity contribution in [2.75, 3.05) is 0 Å². The molecule has 14 heavy (non-hydrogen) atoms. The number of halogens is 1. The highest BCUT2D eigenvalue weighted by Gasteiger charge is 2.17. The Hall–Kier alpha value is -0.830. The molecule has 3 heteroatoms. The van der Waals surface area contributed by atoms with E-state index in [9.17, 15) is 4.39 Å². The predicted molar refractivity (Wildman–Crippen MR) is 60.3 cm³/mol. The van der Waals surface area contributed by atoms with Gasteiger partial charge in [0.05, 0.1) is 12.0 Å². The number of pyridine rings is 1. The number of thiol groups is 1. The van der Waals surface area contributed by atoms with Crippen molar-refractivity contribution in [3.63, 3.8) is 0 Å². The first-order chi connectivity index (χ1) is 6.45. The van der Waals surface area contributed by atoms with Crippen molar-refractivity contribution >= 4 is 18.7 Å². The zero-order valence-corrected chi connectivity index (χ0v) is 9.48. The summed E-state index contributed by atoms with van der Waals surface area (Å²) in [4.78, 5) is 4.93. The van der Waals surface area contributed by atoms with E-state index in [1.54, 1.807) is 6.20 Å². The van der Waals surface area contributed by atoms with E-state index in [1.165, 1.54) is 6.08 Å². The van der Waals surface area contributed by atoms with Crippen LogP contribution in [0.3, 0.4) is 0 Å². The van der Waals surface area contributed by atoms with Crippen molar-refractivity contribution in [3.8, 4) is 0 Å². The molecule has 0 radical (unpaired) electrons. The number of hydrogen-bond acceptors (Lipinski definition) is 2. The van der Waals surface area contributed by atoms with Crippen molar-refractivity contribution < 1.29 is 4.39 Å². The van der Waals surface area contributed by atoms with Gasteiger partial charge in [-0.3, -0.25) is 4.98 Å². The SMILES string of the molecule is CC(C)(C)c1cc(S)cnc1/C=C/F. The summed E-state index contributed by atoms with van der Waals surface area (Å²) in [7, 11) is 0. The summed E-state index contributed by atoms with van der Waals surface area (Å²) in [5, 5.41) is 0. The van der Waals surface area contributed by atoms with Crippen LogP contribution < -0.4 is 0 Å². The van der Waals surface area contributed by atoms with Gasteiger partial charge in [-0.2, -0.15) is 0 Å². The van der Waals surface area contributed by atoms with Gasteiger partial charge in [-0.05, 0) is 23.1 Å². The highest BCUT2D eigenvalue weighted by atomic mass is 32.1. The van der Waals surface area contributed by atoms with E-state index in [0.717, 1.165) is 10.5 Å². The van der Waals surface area contributed by atoms with Gasteiger partial charge in [-0.1, -0.05) is 20.8 Å². The minimum atomic E-state index is -0.0550. The Morgan fingerprint density at radius 1 is 1.43 bits per heavy atom. The van der Waals surface area contributed by atoms with Crippen LogP contribution in [-0.4, -0.2) is 4.98 Å². The van der Waals surface area contributed by atoms with Gasteiger partial charge in [0, 0.05) is 11.1 Å². The van der Waals surface area contributed by atoms with Gasteiger partial charge in [0.1, 0.15) is 0 Å². The third kappa shape index (κ3) is 2.58. The molecule has 1 aromatic heterocycles. The summed E-state index contributed by atoms with van der Waals surface area (Å²) in [5.41, 5.74) is 1.61. The minimum absolute atomic E-state index is 0.0550. The number of aromatic nitrogens is 1. The maximum atomic E-state index is 12.1. The molecule has 1 nitrogen and oxygen atoms in total. The number of nitrogens with zero attached hydrogens (tertiary/aromatic N) is 1. The van der Waals surface area contributed by atoms with Gasteiger partial charge in [0.25, 0.3) is 0 Å². The molecule has 0 unspecified atom stereocenters. The third-order valence-electron chi connectivity index (χ3n) is 1.93. The van der Waals surface area contributed by atoms with E-state index < -0.39 is 0 Å². The molecule has 1 aromatic rings. The molecular weight excluding hydrogens is 197 g/mol. The first-order valence-electron chi connectivity index (χ1n) is 4.41. The number of rotatable bonds is 1. The Kier molecular flexibility index (Phi) is 3.32. The quantitative estimate of drug-likeness (QED) is 0.700. The third-order valence-corrected chi connectivity index (χ3v) is 2.18. The zero-order chi connectivity index (χ0) is 10.8. The molecule has 0 aliphatic carbocycles. The lowest BCUT2D eigenvalue weighted by molar-refractivity contribution is 0.583. The Balaban J connectivity index is 3.30. The smallest absolute Gasteiger partial charge is 0.0888 e. The zero-order valence-electron chi connectivity index (χ0n) is 8.58. The van der Waals surface area contributed by atoms with Crippen molar-refractivity contribution in [1.82, 2.24) is 4.98 Å². The lowest BCUT2D eigenvalue weighted by Gasteiger charge is -2.21. The molecule has 0 N–H and O–H groups in total. The van der Waals surface area contributed by atoms with Gasteiger partial charge in [0.2, 0.25) is 0 Å². The van der Waals surface area contributed by atoms with Gasteiger partial charge in [0.15, 0.2) is 0 Å². The minimum Gasteiger partial charge on any atom is -0.255 e. The maximum Gasteiger partial charge on any atom is 0.0888 e. The first-order valence-corrected chi connectivity index (χ1v) is 4.86. The van der Waals surface area contributed by atoms with Crippen LogP contribution in [-0.2, 0) is 5.41 Å². The fourth-order valence-corrected chi connectivity index (χ4v) is 1.44. The molecule has 0 aromatic carbocycles. The summed E-state index contributed by atoms with van der Waals surface area (Å²) in [6, 6.07) is 1.92. The van der Waals surface area contributed by atoms with Crippen molar-refractivity contribution in [1.29, 1.82) is 0 Å². The average Bonchev–Trinajstić information content (AvgIpc) is 2.07. The van der Waals surface area contributed by atoms with Gasteiger partial charge in [-0.25, -0.2) is 4.39 Å². The fourth-order valence-electron chi connectivity index (χ4n) is 1.26. The Bertz CT molecular complexity index is 353. The van der Waals surface area contributed by atoms with E-state index in [0.29, 0.717) is 12.0 Å². The monoisotopic (exact) mass is 211 g/mol. The lowest BCUT2D eigenvalue weighted by atomic mass is 9.86. The van der Waals surface area contributed by atoms with E-state index in [1.807, 2.05) is 6.07 Å². The molecule has 0 fully saturated rings. The molecular formula is C11H14FNS. The van der Waals surface area contributed by atoms with Crippen molar-refractivity contribution in [2.45, 2.75) is 31.1 Å². The van der Waals surface area contributed by atoms with Crippen LogP contribution in [0, 0.1) is 0 Å². The molecule has 0 saturated heterocycles. The van der Waals surface area contributed by atoms with Crippen molar-refractivity contribution in [3.05, 3.63) is 29.9 Å². The molecule has 0 atom stereocenters. The van der Waals surface area contributed by atoms with Gasteiger partial charge >= 0.3 is 0 Å². The second-order valence-corrected chi connectivity index (χ2v) is 4.69. The summed E-state index contributed by atoms with van der Waals surface area (Å²) < 4.78 is 12.1. The highest BCUT2D eigenvalue weighted by Crippen LogP contribution is 2.27. The molecule has 1 heterocycles. The van der Waals surface area contributed by atoms with Crippen molar-refractivity contribution in [2.24, 2.45) is 0 Å². The predicted octanol–water partition coefficient (Wildman–Crippen LogP) is 3.61. The van der Waals surface area contributed by atoms with Crippen LogP contribution in [0.5, 0.6) is 0 Å². The molecule has 1 rings (SSSR count).